The number of thioether (sulfide) groups is 1. The molecular weight excluding hydrogens is 190 g/mol. The lowest BCUT2D eigenvalue weighted by atomic mass is 10.2. The monoisotopic (exact) mass is 209 g/mol. The van der Waals surface area contributed by atoms with Crippen molar-refractivity contribution in [1.29, 1.82) is 0 Å². The van der Waals surface area contributed by atoms with Crippen molar-refractivity contribution in [2.45, 2.75) is 31.7 Å². The van der Waals surface area contributed by atoms with Gasteiger partial charge in [-0.15, -0.1) is 11.8 Å². The van der Waals surface area contributed by atoms with Crippen LogP contribution in [0.4, 0.5) is 0 Å². The third-order valence-electron chi connectivity index (χ3n) is 2.37. The fraction of sp³-hybridized carbons (Fsp3) is 0.500. The van der Waals surface area contributed by atoms with E-state index < -0.39 is 0 Å². The summed E-state index contributed by atoms with van der Waals surface area (Å²) in [5, 5.41) is 0. The van der Waals surface area contributed by atoms with Crippen molar-refractivity contribution in [2.24, 2.45) is 11.7 Å². The van der Waals surface area contributed by atoms with Crippen LogP contribution in [0.25, 0.3) is 0 Å². The maximum absolute atomic E-state index is 5.59. The van der Waals surface area contributed by atoms with E-state index in [1.807, 2.05) is 11.8 Å². The van der Waals surface area contributed by atoms with Gasteiger partial charge in [-0.25, -0.2) is 0 Å². The highest BCUT2D eigenvalue weighted by Gasteiger charge is 2.00. The SMILES string of the molecule is CCC(C)CSc1cccc(CN)c1. The summed E-state index contributed by atoms with van der Waals surface area (Å²) in [5.41, 5.74) is 6.81. The molecule has 0 saturated heterocycles. The topological polar surface area (TPSA) is 26.0 Å². The van der Waals surface area contributed by atoms with Crippen LogP contribution in [0.5, 0.6) is 0 Å². The molecule has 0 heterocycles. The van der Waals surface area contributed by atoms with Gasteiger partial charge in [-0.05, 0) is 23.6 Å². The Balaban J connectivity index is 2.50. The van der Waals surface area contributed by atoms with Gasteiger partial charge >= 0.3 is 0 Å². The molecule has 0 spiro atoms. The van der Waals surface area contributed by atoms with Gasteiger partial charge < -0.3 is 5.73 Å². The summed E-state index contributed by atoms with van der Waals surface area (Å²) in [5.74, 6) is 1.99. The molecule has 0 aromatic heterocycles. The van der Waals surface area contributed by atoms with E-state index in [0.717, 1.165) is 5.92 Å². The van der Waals surface area contributed by atoms with Crippen LogP contribution in [0, 0.1) is 5.92 Å². The minimum atomic E-state index is 0.637. The minimum absolute atomic E-state index is 0.637. The van der Waals surface area contributed by atoms with Crippen LogP contribution in [0.2, 0.25) is 0 Å². The van der Waals surface area contributed by atoms with Gasteiger partial charge in [0.1, 0.15) is 0 Å². The van der Waals surface area contributed by atoms with Gasteiger partial charge in [0.2, 0.25) is 0 Å². The van der Waals surface area contributed by atoms with Crippen LogP contribution in [-0.2, 0) is 6.54 Å². The van der Waals surface area contributed by atoms with Gasteiger partial charge in [0, 0.05) is 17.2 Å². The Kier molecular flexibility index (Phi) is 5.05. The van der Waals surface area contributed by atoms with Crippen molar-refractivity contribution >= 4 is 11.8 Å². The molecule has 0 aliphatic carbocycles. The highest BCUT2D eigenvalue weighted by molar-refractivity contribution is 7.99. The Morgan fingerprint density at radius 1 is 1.43 bits per heavy atom. The second kappa shape index (κ2) is 6.10. The van der Waals surface area contributed by atoms with Crippen LogP contribution in [-0.4, -0.2) is 5.75 Å². The number of rotatable bonds is 5. The Hall–Kier alpha value is -0.470. The molecule has 0 amide bonds. The molecule has 1 aromatic carbocycles. The molecule has 2 heteroatoms. The van der Waals surface area contributed by atoms with Crippen LogP contribution in [0.3, 0.4) is 0 Å². The van der Waals surface area contributed by atoms with Crippen LogP contribution in [0.1, 0.15) is 25.8 Å². The molecule has 1 aromatic rings. The van der Waals surface area contributed by atoms with E-state index >= 15 is 0 Å². The van der Waals surface area contributed by atoms with E-state index in [1.54, 1.807) is 0 Å². The number of nitrogens with two attached hydrogens (primary N) is 1. The normalized spacial score (nSPS) is 12.8. The average molecular weight is 209 g/mol. The highest BCUT2D eigenvalue weighted by atomic mass is 32.2. The Labute approximate surface area is 91.1 Å². The minimum Gasteiger partial charge on any atom is -0.326 e. The summed E-state index contributed by atoms with van der Waals surface area (Å²) in [6, 6.07) is 8.51. The third kappa shape index (κ3) is 3.72. The molecule has 0 aliphatic heterocycles. The molecule has 78 valence electrons. The lowest BCUT2D eigenvalue weighted by molar-refractivity contribution is 0.637. The van der Waals surface area contributed by atoms with Crippen molar-refractivity contribution in [3.63, 3.8) is 0 Å². The summed E-state index contributed by atoms with van der Waals surface area (Å²) in [6.07, 6.45) is 1.25. The molecule has 1 nitrogen and oxygen atoms in total. The first-order valence-electron chi connectivity index (χ1n) is 5.18. The fourth-order valence-corrected chi connectivity index (χ4v) is 2.24. The third-order valence-corrected chi connectivity index (χ3v) is 3.69. The molecule has 1 rings (SSSR count). The number of hydrogen-bond donors (Lipinski definition) is 1. The molecule has 0 fully saturated rings. The van der Waals surface area contributed by atoms with Gasteiger partial charge in [-0.3, -0.25) is 0 Å². The largest absolute Gasteiger partial charge is 0.326 e. The summed E-state index contributed by atoms with van der Waals surface area (Å²) in [7, 11) is 0. The molecule has 14 heavy (non-hydrogen) atoms. The summed E-state index contributed by atoms with van der Waals surface area (Å²) in [4.78, 5) is 1.34. The molecule has 0 radical (unpaired) electrons. The maximum Gasteiger partial charge on any atom is 0.0178 e. The molecule has 2 N–H and O–H groups in total. The van der Waals surface area contributed by atoms with E-state index in [9.17, 15) is 0 Å². The first-order valence-corrected chi connectivity index (χ1v) is 6.16. The second-order valence-corrected chi connectivity index (χ2v) is 4.77. The lowest BCUT2D eigenvalue weighted by Crippen LogP contribution is -1.97. The highest BCUT2D eigenvalue weighted by Crippen LogP contribution is 2.22. The second-order valence-electron chi connectivity index (χ2n) is 3.68. The average Bonchev–Trinajstić information content (AvgIpc) is 2.26. The van der Waals surface area contributed by atoms with Gasteiger partial charge in [-0.1, -0.05) is 32.4 Å². The Bertz CT molecular complexity index is 273. The standard InChI is InChI=1S/C12H19NS/c1-3-10(2)9-14-12-6-4-5-11(7-12)8-13/h4-7,10H,3,8-9,13H2,1-2H3. The summed E-state index contributed by atoms with van der Waals surface area (Å²) < 4.78 is 0. The predicted molar refractivity (Wildman–Crippen MR) is 64.5 cm³/mol. The van der Waals surface area contributed by atoms with Crippen LogP contribution >= 0.6 is 11.8 Å². The van der Waals surface area contributed by atoms with Crippen LogP contribution in [0.15, 0.2) is 29.2 Å². The first-order chi connectivity index (χ1) is 6.76. The Morgan fingerprint density at radius 2 is 2.21 bits per heavy atom. The number of hydrogen-bond acceptors (Lipinski definition) is 2. The summed E-state index contributed by atoms with van der Waals surface area (Å²) in [6.45, 7) is 5.17. The zero-order chi connectivity index (χ0) is 10.4. The van der Waals surface area contributed by atoms with Crippen molar-refractivity contribution < 1.29 is 0 Å². The quantitative estimate of drug-likeness (QED) is 0.753. The molecule has 0 bridgehead atoms. The van der Waals surface area contributed by atoms with Crippen molar-refractivity contribution in [3.05, 3.63) is 29.8 Å². The van der Waals surface area contributed by atoms with E-state index in [2.05, 4.69) is 38.1 Å². The Morgan fingerprint density at radius 3 is 2.86 bits per heavy atom. The van der Waals surface area contributed by atoms with E-state index in [0.29, 0.717) is 6.54 Å². The van der Waals surface area contributed by atoms with Gasteiger partial charge in [0.05, 0.1) is 0 Å². The molecule has 1 atom stereocenters. The van der Waals surface area contributed by atoms with Gasteiger partial charge in [-0.2, -0.15) is 0 Å². The molecular formula is C12H19NS. The summed E-state index contributed by atoms with van der Waals surface area (Å²) >= 11 is 1.93. The fourth-order valence-electron chi connectivity index (χ4n) is 1.12. The molecule has 0 saturated carbocycles. The smallest absolute Gasteiger partial charge is 0.0178 e. The van der Waals surface area contributed by atoms with Crippen molar-refractivity contribution in [3.8, 4) is 0 Å². The molecule has 1 unspecified atom stereocenters. The maximum atomic E-state index is 5.59. The number of benzene rings is 1. The zero-order valence-electron chi connectivity index (χ0n) is 8.99. The van der Waals surface area contributed by atoms with E-state index in [4.69, 9.17) is 5.73 Å². The lowest BCUT2D eigenvalue weighted by Gasteiger charge is -2.08. The molecule has 0 aliphatic rings. The van der Waals surface area contributed by atoms with Crippen LogP contribution < -0.4 is 5.73 Å². The van der Waals surface area contributed by atoms with E-state index in [-0.39, 0.29) is 0 Å². The van der Waals surface area contributed by atoms with Crippen molar-refractivity contribution in [1.82, 2.24) is 0 Å². The van der Waals surface area contributed by atoms with Gasteiger partial charge in [0.25, 0.3) is 0 Å². The van der Waals surface area contributed by atoms with Gasteiger partial charge in [0.15, 0.2) is 0 Å². The predicted octanol–water partition coefficient (Wildman–Crippen LogP) is 3.28. The first kappa shape index (κ1) is 11.6. The van der Waals surface area contributed by atoms with Crippen molar-refractivity contribution in [2.75, 3.05) is 5.75 Å². The van der Waals surface area contributed by atoms with E-state index in [1.165, 1.54) is 22.6 Å². The zero-order valence-corrected chi connectivity index (χ0v) is 9.81.